The zero-order valence-corrected chi connectivity index (χ0v) is 18.9. The molecule has 3 heterocycles. The zero-order valence-electron chi connectivity index (χ0n) is 18.1. The van der Waals surface area contributed by atoms with Crippen molar-refractivity contribution in [3.05, 3.63) is 64.2 Å². The molecule has 0 aliphatic carbocycles. The first-order valence-electron chi connectivity index (χ1n) is 10.1. The van der Waals surface area contributed by atoms with Crippen molar-refractivity contribution >= 4 is 46.0 Å². The first kappa shape index (κ1) is 22.9. The number of thiophene rings is 1. The molecule has 2 aromatic heterocycles. The van der Waals surface area contributed by atoms with Crippen LogP contribution in [0.25, 0.3) is 11.3 Å². The van der Waals surface area contributed by atoms with Crippen LogP contribution in [-0.4, -0.2) is 54.8 Å². The Bertz CT molecular complexity index is 1310. The molecular weight excluding hydrogens is 464 g/mol. The summed E-state index contributed by atoms with van der Waals surface area (Å²) in [5.74, 6) is -2.71. The number of furan rings is 1. The molecule has 1 aliphatic heterocycles. The summed E-state index contributed by atoms with van der Waals surface area (Å²) in [7, 11) is 1.35. The lowest BCUT2D eigenvalue weighted by Crippen LogP contribution is -2.24. The van der Waals surface area contributed by atoms with Gasteiger partial charge in [-0.05, 0) is 37.3 Å². The van der Waals surface area contributed by atoms with Crippen molar-refractivity contribution in [3.63, 3.8) is 0 Å². The van der Waals surface area contributed by atoms with Crippen molar-refractivity contribution in [2.24, 2.45) is 0 Å². The number of hydrogen-bond acceptors (Lipinski definition) is 9. The third-order valence-electron chi connectivity index (χ3n) is 4.97. The SMILES string of the molecule is CCOC(=O)c1c(-c2ccco2)csc1NC(=O)COC(=O)c1ccc2c(c1)C(=O)N(C)C2=O. The van der Waals surface area contributed by atoms with E-state index in [1.165, 1.54) is 31.5 Å². The van der Waals surface area contributed by atoms with Gasteiger partial charge in [0, 0.05) is 18.0 Å². The molecule has 1 N–H and O–H groups in total. The van der Waals surface area contributed by atoms with Crippen molar-refractivity contribution < 1.29 is 37.9 Å². The third kappa shape index (κ3) is 4.20. The van der Waals surface area contributed by atoms with Crippen LogP contribution in [-0.2, 0) is 14.3 Å². The number of anilines is 1. The molecule has 0 atom stereocenters. The predicted octanol–water partition coefficient (Wildman–Crippen LogP) is 3.21. The molecule has 0 fully saturated rings. The van der Waals surface area contributed by atoms with E-state index in [9.17, 15) is 24.0 Å². The highest BCUT2D eigenvalue weighted by Crippen LogP contribution is 2.36. The van der Waals surface area contributed by atoms with E-state index < -0.39 is 36.3 Å². The fraction of sp³-hybridized carbons (Fsp3) is 0.174. The number of carbonyl (C=O) groups excluding carboxylic acids is 5. The quantitative estimate of drug-likeness (QED) is 0.401. The Kier molecular flexibility index (Phi) is 6.28. The van der Waals surface area contributed by atoms with Gasteiger partial charge in [0.15, 0.2) is 6.61 Å². The van der Waals surface area contributed by atoms with Crippen LogP contribution in [0.15, 0.2) is 46.4 Å². The van der Waals surface area contributed by atoms with E-state index in [1.807, 2.05) is 0 Å². The number of amides is 3. The van der Waals surface area contributed by atoms with E-state index >= 15 is 0 Å². The lowest BCUT2D eigenvalue weighted by atomic mass is 10.1. The van der Waals surface area contributed by atoms with Crippen LogP contribution in [0.4, 0.5) is 5.00 Å². The Hall–Kier alpha value is -4.25. The summed E-state index contributed by atoms with van der Waals surface area (Å²) in [6.07, 6.45) is 1.46. The summed E-state index contributed by atoms with van der Waals surface area (Å²) < 4.78 is 15.5. The molecule has 3 aromatic rings. The van der Waals surface area contributed by atoms with Gasteiger partial charge in [0.25, 0.3) is 17.7 Å². The summed E-state index contributed by atoms with van der Waals surface area (Å²) >= 11 is 1.09. The fourth-order valence-corrected chi connectivity index (χ4v) is 4.29. The first-order valence-corrected chi connectivity index (χ1v) is 11.0. The normalized spacial score (nSPS) is 12.5. The molecule has 0 unspecified atom stereocenters. The number of hydrogen-bond donors (Lipinski definition) is 1. The zero-order chi connectivity index (χ0) is 24.4. The van der Waals surface area contributed by atoms with Gasteiger partial charge in [-0.2, -0.15) is 0 Å². The monoisotopic (exact) mass is 482 g/mol. The molecular formula is C23H18N2O8S. The molecule has 174 valence electrons. The van der Waals surface area contributed by atoms with Crippen LogP contribution in [0.3, 0.4) is 0 Å². The van der Waals surface area contributed by atoms with Gasteiger partial charge >= 0.3 is 11.9 Å². The van der Waals surface area contributed by atoms with Crippen molar-refractivity contribution in [1.82, 2.24) is 4.90 Å². The van der Waals surface area contributed by atoms with Crippen molar-refractivity contribution in [2.75, 3.05) is 25.6 Å². The summed E-state index contributed by atoms with van der Waals surface area (Å²) in [5.41, 5.74) is 0.898. The standard InChI is InChI=1S/C23H18N2O8S/c1-3-31-23(30)18-15(16-5-4-8-32-16)11-34-19(18)24-17(26)10-33-22(29)12-6-7-13-14(9-12)21(28)25(2)20(13)27/h4-9,11H,3,10H2,1-2H3,(H,24,26). The summed E-state index contributed by atoms with van der Waals surface area (Å²) in [6, 6.07) is 7.30. The fourth-order valence-electron chi connectivity index (χ4n) is 3.33. The number of nitrogens with zero attached hydrogens (tertiary/aromatic N) is 1. The Labute approximate surface area is 197 Å². The lowest BCUT2D eigenvalue weighted by molar-refractivity contribution is -0.119. The molecule has 3 amide bonds. The van der Waals surface area contributed by atoms with Gasteiger partial charge in [0.1, 0.15) is 16.3 Å². The Morgan fingerprint density at radius 2 is 1.79 bits per heavy atom. The van der Waals surface area contributed by atoms with E-state index in [1.54, 1.807) is 24.4 Å². The van der Waals surface area contributed by atoms with Crippen LogP contribution < -0.4 is 5.32 Å². The number of fused-ring (bicyclic) bond motifs is 1. The van der Waals surface area contributed by atoms with E-state index in [0.717, 1.165) is 16.2 Å². The average Bonchev–Trinajstić information content (AvgIpc) is 3.54. The van der Waals surface area contributed by atoms with Crippen LogP contribution in [0, 0.1) is 0 Å². The maximum absolute atomic E-state index is 12.5. The summed E-state index contributed by atoms with van der Waals surface area (Å²) in [4.78, 5) is 62.4. The van der Waals surface area contributed by atoms with E-state index in [2.05, 4.69) is 5.32 Å². The number of benzene rings is 1. The second-order valence-corrected chi connectivity index (χ2v) is 7.98. The predicted molar refractivity (Wildman–Crippen MR) is 120 cm³/mol. The van der Waals surface area contributed by atoms with Gasteiger partial charge < -0.3 is 19.2 Å². The number of carbonyl (C=O) groups is 5. The number of rotatable bonds is 7. The van der Waals surface area contributed by atoms with Gasteiger partial charge in [0.05, 0.1) is 29.6 Å². The molecule has 0 radical (unpaired) electrons. The molecule has 0 saturated heterocycles. The molecule has 0 spiro atoms. The van der Waals surface area contributed by atoms with Crippen molar-refractivity contribution in [3.8, 4) is 11.3 Å². The largest absolute Gasteiger partial charge is 0.464 e. The molecule has 1 aromatic carbocycles. The van der Waals surface area contributed by atoms with E-state index in [4.69, 9.17) is 13.9 Å². The topological polar surface area (TPSA) is 132 Å². The Morgan fingerprint density at radius 3 is 2.50 bits per heavy atom. The molecule has 0 bridgehead atoms. The maximum atomic E-state index is 12.5. The second-order valence-electron chi connectivity index (χ2n) is 7.11. The van der Waals surface area contributed by atoms with Crippen LogP contribution >= 0.6 is 11.3 Å². The lowest BCUT2D eigenvalue weighted by Gasteiger charge is -2.09. The second kappa shape index (κ2) is 9.32. The molecule has 4 rings (SSSR count). The number of nitrogens with one attached hydrogen (secondary N) is 1. The van der Waals surface area contributed by atoms with Crippen LogP contribution in [0.2, 0.25) is 0 Å². The van der Waals surface area contributed by atoms with Gasteiger partial charge in [-0.1, -0.05) is 0 Å². The van der Waals surface area contributed by atoms with Gasteiger partial charge in [-0.25, -0.2) is 9.59 Å². The molecule has 34 heavy (non-hydrogen) atoms. The number of ether oxygens (including phenoxy) is 2. The Morgan fingerprint density at radius 1 is 1.03 bits per heavy atom. The minimum Gasteiger partial charge on any atom is -0.464 e. The number of imide groups is 1. The Balaban J connectivity index is 1.45. The van der Waals surface area contributed by atoms with Gasteiger partial charge in [-0.3, -0.25) is 19.3 Å². The first-order chi connectivity index (χ1) is 16.3. The summed E-state index contributed by atoms with van der Waals surface area (Å²) in [5, 5.41) is 4.42. The van der Waals surface area contributed by atoms with E-state index in [0.29, 0.717) is 11.3 Å². The third-order valence-corrected chi connectivity index (χ3v) is 5.87. The molecule has 10 nitrogen and oxygen atoms in total. The highest BCUT2D eigenvalue weighted by molar-refractivity contribution is 7.15. The highest BCUT2D eigenvalue weighted by atomic mass is 32.1. The minimum atomic E-state index is -0.846. The van der Waals surface area contributed by atoms with E-state index in [-0.39, 0.29) is 33.9 Å². The molecule has 1 aliphatic rings. The molecule has 0 saturated carbocycles. The molecule has 11 heteroatoms. The minimum absolute atomic E-state index is 0.0199. The smallest absolute Gasteiger partial charge is 0.341 e. The van der Waals surface area contributed by atoms with Crippen molar-refractivity contribution in [2.45, 2.75) is 6.92 Å². The summed E-state index contributed by atoms with van der Waals surface area (Å²) in [6.45, 7) is 1.16. The van der Waals surface area contributed by atoms with Gasteiger partial charge in [-0.15, -0.1) is 11.3 Å². The maximum Gasteiger partial charge on any atom is 0.341 e. The number of esters is 2. The van der Waals surface area contributed by atoms with Crippen molar-refractivity contribution in [1.29, 1.82) is 0 Å². The highest BCUT2D eigenvalue weighted by Gasteiger charge is 2.33. The average molecular weight is 482 g/mol. The van der Waals surface area contributed by atoms with Gasteiger partial charge in [0.2, 0.25) is 0 Å². The van der Waals surface area contributed by atoms with Crippen LogP contribution in [0.5, 0.6) is 0 Å². The van der Waals surface area contributed by atoms with Crippen LogP contribution in [0.1, 0.15) is 48.4 Å².